The molecule has 1 aromatic heterocycles. The van der Waals surface area contributed by atoms with E-state index in [1.165, 1.54) is 16.8 Å². The molecule has 1 amide bonds. The zero-order valence-corrected chi connectivity index (χ0v) is 17.5. The topological polar surface area (TPSA) is 99.3 Å². The van der Waals surface area contributed by atoms with Crippen LogP contribution in [0, 0.1) is 24.0 Å². The number of halogens is 4. The molecule has 1 heterocycles. The van der Waals surface area contributed by atoms with Gasteiger partial charge in [0.05, 0.1) is 38.7 Å². The van der Waals surface area contributed by atoms with Crippen LogP contribution in [0.25, 0.3) is 0 Å². The number of ether oxygens (including phenoxy) is 1. The van der Waals surface area contributed by atoms with Crippen molar-refractivity contribution in [2.75, 3.05) is 5.32 Å². The number of nitro benzene ring substituents is 1. The van der Waals surface area contributed by atoms with Crippen LogP contribution in [0.2, 0.25) is 5.02 Å². The van der Waals surface area contributed by atoms with E-state index in [0.29, 0.717) is 16.4 Å². The quantitative estimate of drug-likeness (QED) is 0.380. The highest BCUT2D eigenvalue weighted by molar-refractivity contribution is 6.31. The van der Waals surface area contributed by atoms with Crippen molar-refractivity contribution in [1.82, 2.24) is 9.78 Å². The van der Waals surface area contributed by atoms with E-state index in [4.69, 9.17) is 16.3 Å². The lowest BCUT2D eigenvalue weighted by Crippen LogP contribution is -2.20. The third-order valence-electron chi connectivity index (χ3n) is 4.37. The molecule has 0 fully saturated rings. The number of nitrogens with one attached hydrogen (secondary N) is 1. The number of non-ortho nitro benzene ring substituents is 1. The van der Waals surface area contributed by atoms with Crippen molar-refractivity contribution < 1.29 is 27.6 Å². The van der Waals surface area contributed by atoms with E-state index in [9.17, 15) is 28.1 Å². The number of hydrogen-bond donors (Lipinski definition) is 1. The second kappa shape index (κ2) is 8.87. The van der Waals surface area contributed by atoms with Crippen LogP contribution in [0.5, 0.6) is 11.5 Å². The molecule has 0 radical (unpaired) electrons. The number of benzene rings is 2. The van der Waals surface area contributed by atoms with Crippen molar-refractivity contribution in [1.29, 1.82) is 0 Å². The predicted octanol–water partition coefficient (Wildman–Crippen LogP) is 5.51. The molecule has 8 nitrogen and oxygen atoms in total. The summed E-state index contributed by atoms with van der Waals surface area (Å²) >= 11 is 6.06. The first kappa shape index (κ1) is 23.1. The number of alkyl halides is 3. The first-order valence-corrected chi connectivity index (χ1v) is 9.46. The van der Waals surface area contributed by atoms with Crippen LogP contribution >= 0.6 is 11.6 Å². The number of nitro groups is 1. The summed E-state index contributed by atoms with van der Waals surface area (Å²) in [5, 5.41) is 18.3. The fraction of sp³-hybridized carbons (Fsp3) is 0.200. The Balaban J connectivity index is 1.84. The van der Waals surface area contributed by atoms with Gasteiger partial charge < -0.3 is 10.1 Å². The Morgan fingerprint density at radius 3 is 2.53 bits per heavy atom. The first-order valence-electron chi connectivity index (χ1n) is 9.08. The summed E-state index contributed by atoms with van der Waals surface area (Å²) < 4.78 is 45.5. The minimum Gasteiger partial charge on any atom is -0.457 e. The van der Waals surface area contributed by atoms with Crippen molar-refractivity contribution in [3.05, 3.63) is 74.6 Å². The Labute approximate surface area is 184 Å². The van der Waals surface area contributed by atoms with Gasteiger partial charge in [0.15, 0.2) is 0 Å². The van der Waals surface area contributed by atoms with Crippen LogP contribution < -0.4 is 10.1 Å². The first-order chi connectivity index (χ1) is 14.9. The third-order valence-corrected chi connectivity index (χ3v) is 4.92. The van der Waals surface area contributed by atoms with Crippen molar-refractivity contribution in [3.63, 3.8) is 0 Å². The molecule has 32 heavy (non-hydrogen) atoms. The van der Waals surface area contributed by atoms with Gasteiger partial charge >= 0.3 is 6.18 Å². The lowest BCUT2D eigenvalue weighted by molar-refractivity contribution is -0.384. The highest BCUT2D eigenvalue weighted by Gasteiger charge is 2.30. The molecule has 3 rings (SSSR count). The molecule has 0 aliphatic heterocycles. The van der Waals surface area contributed by atoms with Crippen molar-refractivity contribution >= 4 is 28.9 Å². The monoisotopic (exact) mass is 468 g/mol. The maximum absolute atomic E-state index is 12.9. The van der Waals surface area contributed by atoms with Gasteiger partial charge in [-0.25, -0.2) is 0 Å². The van der Waals surface area contributed by atoms with Crippen LogP contribution in [0.1, 0.15) is 17.0 Å². The fourth-order valence-electron chi connectivity index (χ4n) is 2.86. The van der Waals surface area contributed by atoms with E-state index in [2.05, 4.69) is 10.4 Å². The van der Waals surface area contributed by atoms with E-state index < -0.39 is 28.3 Å². The zero-order valence-electron chi connectivity index (χ0n) is 16.7. The number of rotatable bonds is 6. The van der Waals surface area contributed by atoms with Gasteiger partial charge in [0.2, 0.25) is 5.91 Å². The number of amides is 1. The Bertz CT molecular complexity index is 1190. The second-order valence-electron chi connectivity index (χ2n) is 6.79. The molecule has 3 aromatic rings. The largest absolute Gasteiger partial charge is 0.457 e. The summed E-state index contributed by atoms with van der Waals surface area (Å²) in [4.78, 5) is 23.0. The normalized spacial score (nSPS) is 11.3. The lowest BCUT2D eigenvalue weighted by Gasteiger charge is -2.12. The average Bonchev–Trinajstić information content (AvgIpc) is 2.93. The summed E-state index contributed by atoms with van der Waals surface area (Å²) in [6, 6.07) is 7.47. The molecule has 168 valence electrons. The highest BCUT2D eigenvalue weighted by atomic mass is 35.5. The summed E-state index contributed by atoms with van der Waals surface area (Å²) in [5.41, 5.74) is -0.203. The minimum absolute atomic E-state index is 0.0267. The van der Waals surface area contributed by atoms with Gasteiger partial charge in [-0.15, -0.1) is 0 Å². The molecule has 0 atom stereocenters. The third kappa shape index (κ3) is 5.35. The molecule has 0 unspecified atom stereocenters. The van der Waals surface area contributed by atoms with Gasteiger partial charge in [0, 0.05) is 12.1 Å². The smallest absolute Gasteiger partial charge is 0.416 e. The fourth-order valence-corrected chi connectivity index (χ4v) is 2.99. The van der Waals surface area contributed by atoms with Gasteiger partial charge in [0.1, 0.15) is 18.0 Å². The van der Waals surface area contributed by atoms with Crippen molar-refractivity contribution in [2.24, 2.45) is 0 Å². The molecule has 12 heteroatoms. The number of aromatic nitrogens is 2. The Morgan fingerprint density at radius 2 is 1.94 bits per heavy atom. The molecular weight excluding hydrogens is 453 g/mol. The van der Waals surface area contributed by atoms with Gasteiger partial charge in [-0.1, -0.05) is 17.7 Å². The summed E-state index contributed by atoms with van der Waals surface area (Å²) in [6.45, 7) is 3.16. The van der Waals surface area contributed by atoms with Crippen LogP contribution in [0.15, 0.2) is 42.5 Å². The Kier molecular flexibility index (Phi) is 6.40. The molecule has 0 aliphatic rings. The maximum atomic E-state index is 12.9. The van der Waals surface area contributed by atoms with Crippen molar-refractivity contribution in [2.45, 2.75) is 26.6 Å². The van der Waals surface area contributed by atoms with E-state index in [1.54, 1.807) is 13.8 Å². The van der Waals surface area contributed by atoms with Gasteiger partial charge in [-0.2, -0.15) is 18.3 Å². The van der Waals surface area contributed by atoms with Crippen LogP contribution in [-0.2, 0) is 17.5 Å². The van der Waals surface area contributed by atoms with Crippen LogP contribution in [0.4, 0.5) is 24.5 Å². The SMILES string of the molecule is Cc1nn(CC(=O)Nc2cc(Oc3cccc(C(F)(F)F)c3)cc([N+](=O)[O-])c2)c(C)c1Cl. The van der Waals surface area contributed by atoms with Crippen LogP contribution in [0.3, 0.4) is 0 Å². The molecule has 0 saturated heterocycles. The average molecular weight is 469 g/mol. The molecule has 0 aliphatic carbocycles. The number of aryl methyl sites for hydroxylation is 1. The maximum Gasteiger partial charge on any atom is 0.416 e. The number of anilines is 1. The van der Waals surface area contributed by atoms with Gasteiger partial charge in [0.25, 0.3) is 5.69 Å². The molecule has 2 aromatic carbocycles. The van der Waals surface area contributed by atoms with E-state index in [1.807, 2.05) is 0 Å². The number of hydrogen-bond acceptors (Lipinski definition) is 5. The molecule has 0 bridgehead atoms. The Hall–Kier alpha value is -3.60. The van der Waals surface area contributed by atoms with E-state index >= 15 is 0 Å². The van der Waals surface area contributed by atoms with Gasteiger partial charge in [-0.3, -0.25) is 19.6 Å². The minimum atomic E-state index is -4.58. The molecule has 1 N–H and O–H groups in total. The lowest BCUT2D eigenvalue weighted by atomic mass is 10.2. The Morgan fingerprint density at radius 1 is 1.22 bits per heavy atom. The molecule has 0 spiro atoms. The molecule has 0 saturated carbocycles. The highest BCUT2D eigenvalue weighted by Crippen LogP contribution is 2.34. The summed E-state index contributed by atoms with van der Waals surface area (Å²) in [7, 11) is 0. The van der Waals surface area contributed by atoms with Crippen molar-refractivity contribution in [3.8, 4) is 11.5 Å². The predicted molar refractivity (Wildman–Crippen MR) is 110 cm³/mol. The second-order valence-corrected chi connectivity index (χ2v) is 7.17. The van der Waals surface area contributed by atoms with E-state index in [-0.39, 0.29) is 23.7 Å². The standard InChI is InChI=1S/C20H16ClF3N4O4/c1-11-19(21)12(2)27(26-11)10-18(29)25-14-7-15(28(30)31)9-17(8-14)32-16-5-3-4-13(6-16)20(22,23)24/h3-9H,10H2,1-2H3,(H,25,29). The molecular formula is C20H16ClF3N4O4. The van der Waals surface area contributed by atoms with Crippen LogP contribution in [-0.4, -0.2) is 20.6 Å². The zero-order chi connectivity index (χ0) is 23.6. The number of nitrogens with zero attached hydrogens (tertiary/aromatic N) is 3. The summed E-state index contributed by atoms with van der Waals surface area (Å²) in [5.74, 6) is -0.837. The van der Waals surface area contributed by atoms with E-state index in [0.717, 1.165) is 30.3 Å². The number of carbonyl (C=O) groups is 1. The number of carbonyl (C=O) groups excluding carboxylic acids is 1. The summed E-state index contributed by atoms with van der Waals surface area (Å²) in [6.07, 6.45) is -4.58. The van der Waals surface area contributed by atoms with Gasteiger partial charge in [-0.05, 0) is 32.0 Å².